The molecule has 0 aliphatic carbocycles. The van der Waals surface area contributed by atoms with Crippen molar-refractivity contribution in [3.63, 3.8) is 0 Å². The van der Waals surface area contributed by atoms with E-state index in [1.807, 2.05) is 30.0 Å². The highest BCUT2D eigenvalue weighted by Gasteiger charge is 2.48. The fourth-order valence-corrected chi connectivity index (χ4v) is 6.29. The van der Waals surface area contributed by atoms with Gasteiger partial charge in [-0.2, -0.15) is 0 Å². The van der Waals surface area contributed by atoms with Crippen LogP contribution in [-0.4, -0.2) is 91.2 Å². The van der Waals surface area contributed by atoms with Crippen LogP contribution in [0.25, 0.3) is 0 Å². The quantitative estimate of drug-likeness (QED) is 0.247. The van der Waals surface area contributed by atoms with E-state index in [0.717, 1.165) is 68.6 Å². The molecule has 0 spiro atoms. The molecule has 1 aromatic carbocycles. The number of hydrogen-bond acceptors (Lipinski definition) is 5. The zero-order chi connectivity index (χ0) is 28.6. The first-order valence-corrected chi connectivity index (χ1v) is 14.8. The summed E-state index contributed by atoms with van der Waals surface area (Å²) in [5.41, 5.74) is 2.02. The summed E-state index contributed by atoms with van der Waals surface area (Å²) >= 11 is 0. The summed E-state index contributed by atoms with van der Waals surface area (Å²) < 4.78 is 5.70. The van der Waals surface area contributed by atoms with Gasteiger partial charge in [0, 0.05) is 38.0 Å². The number of carboxylic acid groups (broad SMARTS) is 1. The molecule has 1 aromatic rings. The Morgan fingerprint density at radius 1 is 1.15 bits per heavy atom. The number of amides is 1. The summed E-state index contributed by atoms with van der Waals surface area (Å²) in [5, 5.41) is 10.5. The second kappa shape index (κ2) is 14.3. The first kappa shape index (κ1) is 31.2. The minimum atomic E-state index is -0.778. The summed E-state index contributed by atoms with van der Waals surface area (Å²) in [5.74, 6) is -0.500. The summed E-state index contributed by atoms with van der Waals surface area (Å²) in [6.07, 6.45) is 9.78. The van der Waals surface area contributed by atoms with Crippen LogP contribution in [0.2, 0.25) is 0 Å². The van der Waals surface area contributed by atoms with Crippen molar-refractivity contribution in [2.24, 2.45) is 11.3 Å². The number of carboxylic acids is 1. The molecule has 0 radical (unpaired) electrons. The van der Waals surface area contributed by atoms with Crippen molar-refractivity contribution in [2.75, 3.05) is 53.4 Å². The van der Waals surface area contributed by atoms with Gasteiger partial charge in [-0.1, -0.05) is 51.5 Å². The maximum Gasteiger partial charge on any atom is 0.308 e. The lowest BCUT2D eigenvalue weighted by Crippen LogP contribution is -2.46. The molecular formula is C32H51N3O4. The number of unbranched alkanes of at least 4 members (excludes halogenated alkanes) is 2. The van der Waals surface area contributed by atoms with Crippen molar-refractivity contribution < 1.29 is 19.4 Å². The van der Waals surface area contributed by atoms with E-state index >= 15 is 0 Å². The minimum Gasteiger partial charge on any atom is -0.493 e. The number of aliphatic carboxylic acids is 1. The minimum absolute atomic E-state index is 0.120. The van der Waals surface area contributed by atoms with Crippen LogP contribution in [0.3, 0.4) is 0 Å². The maximum atomic E-state index is 13.7. The zero-order valence-corrected chi connectivity index (χ0v) is 25.1. The van der Waals surface area contributed by atoms with E-state index in [1.54, 1.807) is 0 Å². The van der Waals surface area contributed by atoms with E-state index < -0.39 is 11.9 Å². The molecule has 3 atom stereocenters. The molecule has 1 saturated heterocycles. The molecule has 2 heterocycles. The molecule has 0 bridgehead atoms. The molecular weight excluding hydrogens is 490 g/mol. The van der Waals surface area contributed by atoms with Crippen LogP contribution in [0.15, 0.2) is 30.4 Å². The van der Waals surface area contributed by atoms with Crippen LogP contribution in [0, 0.1) is 11.3 Å². The first-order valence-electron chi connectivity index (χ1n) is 14.8. The summed E-state index contributed by atoms with van der Waals surface area (Å²) in [7, 11) is 4.15. The van der Waals surface area contributed by atoms with E-state index in [-0.39, 0.29) is 29.8 Å². The molecule has 218 valence electrons. The summed E-state index contributed by atoms with van der Waals surface area (Å²) in [6, 6.07) is 5.93. The van der Waals surface area contributed by atoms with Gasteiger partial charge in [0.05, 0.1) is 19.1 Å². The monoisotopic (exact) mass is 541 g/mol. The lowest BCUT2D eigenvalue weighted by Gasteiger charge is -2.34. The standard InChI is InChI=1S/C32H51N3O4/c1-7-9-17-34(18-11-10-16-33(5)6)29(36)23-35-22-26(24-12-13-28-25(20-24)14-19-39-28)30(31(37)38)27(35)21-32(3,4)15-8-2/h8,12-13,15,20,26-27,30H,7,9-11,14,16-19,21-23H2,1-6H3,(H,37,38)/t26-,27+,30-/m1/s1. The summed E-state index contributed by atoms with van der Waals surface area (Å²) in [6.45, 7) is 12.5. The SMILES string of the molecule is CC=CC(C)(C)C[C@H]1[C@H](C(=O)O)[C@@H](c2ccc3c(c2)CCO3)CN1CC(=O)N(CCCC)CCCCN(C)C. The Kier molecular flexibility index (Phi) is 11.4. The average molecular weight is 542 g/mol. The third-order valence-electron chi connectivity index (χ3n) is 8.28. The molecule has 0 unspecified atom stereocenters. The van der Waals surface area contributed by atoms with Crippen molar-refractivity contribution in [3.8, 4) is 5.75 Å². The van der Waals surface area contributed by atoms with E-state index in [4.69, 9.17) is 4.74 Å². The van der Waals surface area contributed by atoms with E-state index in [1.165, 1.54) is 0 Å². The molecule has 7 nitrogen and oxygen atoms in total. The molecule has 0 aromatic heterocycles. The van der Waals surface area contributed by atoms with E-state index in [2.05, 4.69) is 56.8 Å². The van der Waals surface area contributed by atoms with Crippen molar-refractivity contribution >= 4 is 11.9 Å². The number of carbonyl (C=O) groups is 2. The third kappa shape index (κ3) is 8.55. The predicted octanol–water partition coefficient (Wildman–Crippen LogP) is 5.05. The van der Waals surface area contributed by atoms with E-state index in [9.17, 15) is 14.7 Å². The van der Waals surface area contributed by atoms with Crippen LogP contribution in [0.5, 0.6) is 5.75 Å². The number of nitrogens with zero attached hydrogens (tertiary/aromatic N) is 3. The number of rotatable bonds is 15. The van der Waals surface area contributed by atoms with Crippen LogP contribution in [0.1, 0.15) is 76.8 Å². The van der Waals surface area contributed by atoms with Crippen LogP contribution >= 0.6 is 0 Å². The highest BCUT2D eigenvalue weighted by Crippen LogP contribution is 2.43. The number of allylic oxidation sites excluding steroid dienone is 2. The van der Waals surface area contributed by atoms with Crippen molar-refractivity contribution in [3.05, 3.63) is 41.5 Å². The number of carbonyl (C=O) groups excluding carboxylic acids is 1. The Labute approximate surface area is 236 Å². The van der Waals surface area contributed by atoms with Gasteiger partial charge >= 0.3 is 5.97 Å². The predicted molar refractivity (Wildman–Crippen MR) is 157 cm³/mol. The third-order valence-corrected chi connectivity index (χ3v) is 8.28. The number of benzene rings is 1. The van der Waals surface area contributed by atoms with E-state index in [0.29, 0.717) is 19.6 Å². The van der Waals surface area contributed by atoms with Gasteiger partial charge in [0.2, 0.25) is 5.91 Å². The van der Waals surface area contributed by atoms with Gasteiger partial charge in [-0.3, -0.25) is 14.5 Å². The number of ether oxygens (including phenoxy) is 1. The van der Waals surface area contributed by atoms with Crippen LogP contribution in [0.4, 0.5) is 0 Å². The first-order chi connectivity index (χ1) is 18.6. The van der Waals surface area contributed by atoms with Crippen LogP contribution < -0.4 is 4.74 Å². The second-order valence-corrected chi connectivity index (χ2v) is 12.4. The molecule has 7 heteroatoms. The van der Waals surface area contributed by atoms with Crippen LogP contribution in [-0.2, 0) is 16.0 Å². The Morgan fingerprint density at radius 2 is 1.87 bits per heavy atom. The molecule has 0 saturated carbocycles. The average Bonchev–Trinajstić information content (AvgIpc) is 3.47. The fourth-order valence-electron chi connectivity index (χ4n) is 6.29. The van der Waals surface area contributed by atoms with Gasteiger partial charge in [-0.05, 0) is 75.9 Å². The lowest BCUT2D eigenvalue weighted by molar-refractivity contribution is -0.144. The van der Waals surface area contributed by atoms with Crippen molar-refractivity contribution in [1.29, 1.82) is 0 Å². The number of hydrogen-bond donors (Lipinski definition) is 1. The lowest BCUT2D eigenvalue weighted by atomic mass is 9.77. The maximum absolute atomic E-state index is 13.7. The Bertz CT molecular complexity index is 990. The highest BCUT2D eigenvalue weighted by molar-refractivity contribution is 5.79. The summed E-state index contributed by atoms with van der Waals surface area (Å²) in [4.78, 5) is 33.0. The van der Waals surface area contributed by atoms with Gasteiger partial charge in [0.1, 0.15) is 5.75 Å². The molecule has 39 heavy (non-hydrogen) atoms. The largest absolute Gasteiger partial charge is 0.493 e. The number of fused-ring (bicyclic) bond motifs is 1. The van der Waals surface area contributed by atoms with Gasteiger partial charge in [-0.15, -0.1) is 0 Å². The Morgan fingerprint density at radius 3 is 2.54 bits per heavy atom. The fraction of sp³-hybridized carbons (Fsp3) is 0.688. The Balaban J connectivity index is 1.86. The second-order valence-electron chi connectivity index (χ2n) is 12.4. The normalized spacial score (nSPS) is 21.5. The molecule has 2 aliphatic rings. The molecule has 3 rings (SSSR count). The van der Waals surface area contributed by atoms with Crippen molar-refractivity contribution in [1.82, 2.24) is 14.7 Å². The van der Waals surface area contributed by atoms with Gasteiger partial charge in [0.15, 0.2) is 0 Å². The highest BCUT2D eigenvalue weighted by atomic mass is 16.5. The van der Waals surface area contributed by atoms with Crippen molar-refractivity contribution in [2.45, 2.75) is 78.2 Å². The topological polar surface area (TPSA) is 73.3 Å². The van der Waals surface area contributed by atoms with Gasteiger partial charge in [0.25, 0.3) is 0 Å². The zero-order valence-electron chi connectivity index (χ0n) is 25.1. The van der Waals surface area contributed by atoms with Gasteiger partial charge < -0.3 is 19.6 Å². The molecule has 1 N–H and O–H groups in total. The Hall–Kier alpha value is -2.38. The van der Waals surface area contributed by atoms with Gasteiger partial charge in [-0.25, -0.2) is 0 Å². The molecule has 2 aliphatic heterocycles. The number of likely N-dealkylation sites (tertiary alicyclic amines) is 1. The molecule has 1 fully saturated rings. The molecule has 1 amide bonds. The smallest absolute Gasteiger partial charge is 0.308 e.